The summed E-state index contributed by atoms with van der Waals surface area (Å²) in [6, 6.07) is 6.69. The number of benzene rings is 1. The van der Waals surface area contributed by atoms with Crippen LogP contribution in [0.2, 0.25) is 0 Å². The van der Waals surface area contributed by atoms with E-state index in [-0.39, 0.29) is 18.2 Å². The molecule has 0 radical (unpaired) electrons. The first-order valence-electron chi connectivity index (χ1n) is 6.87. The van der Waals surface area contributed by atoms with Crippen LogP contribution < -0.4 is 5.32 Å². The Morgan fingerprint density at radius 3 is 2.86 bits per heavy atom. The van der Waals surface area contributed by atoms with Crippen LogP contribution in [0.1, 0.15) is 12.6 Å². The van der Waals surface area contributed by atoms with Gasteiger partial charge in [-0.25, -0.2) is 9.37 Å². The molecule has 0 aliphatic carbocycles. The Labute approximate surface area is 129 Å². The minimum Gasteiger partial charge on any atom is -0.444 e. The van der Waals surface area contributed by atoms with Crippen LogP contribution in [-0.2, 0) is 6.54 Å². The van der Waals surface area contributed by atoms with E-state index in [1.165, 1.54) is 12.1 Å². The van der Waals surface area contributed by atoms with Gasteiger partial charge in [-0.15, -0.1) is 12.4 Å². The summed E-state index contributed by atoms with van der Waals surface area (Å²) in [5.41, 5.74) is 1.71. The van der Waals surface area contributed by atoms with Gasteiger partial charge in [0, 0.05) is 37.8 Å². The standard InChI is InChI=1S/C15H18FN3O.ClH/c1-11-8-19(7-6-17-11)9-14-10-20-15(18-14)12-2-4-13(16)5-3-12;/h2-5,10-11,17H,6-9H2,1H3;1H. The van der Waals surface area contributed by atoms with Crippen molar-refractivity contribution in [3.05, 3.63) is 42.0 Å². The van der Waals surface area contributed by atoms with Gasteiger partial charge in [-0.3, -0.25) is 4.90 Å². The molecule has 21 heavy (non-hydrogen) atoms. The van der Waals surface area contributed by atoms with Gasteiger partial charge in [-0.2, -0.15) is 0 Å². The van der Waals surface area contributed by atoms with Crippen LogP contribution in [0.15, 0.2) is 34.9 Å². The topological polar surface area (TPSA) is 41.3 Å². The molecule has 1 aliphatic rings. The van der Waals surface area contributed by atoms with Crippen molar-refractivity contribution in [2.75, 3.05) is 19.6 Å². The highest BCUT2D eigenvalue weighted by molar-refractivity contribution is 5.85. The molecule has 1 atom stereocenters. The monoisotopic (exact) mass is 311 g/mol. The molecule has 0 saturated carbocycles. The lowest BCUT2D eigenvalue weighted by Crippen LogP contribution is -2.48. The maximum Gasteiger partial charge on any atom is 0.226 e. The molecule has 1 unspecified atom stereocenters. The zero-order valence-corrected chi connectivity index (χ0v) is 12.7. The SMILES string of the molecule is CC1CN(Cc2coc(-c3ccc(F)cc3)n2)CCN1.Cl. The summed E-state index contributed by atoms with van der Waals surface area (Å²) < 4.78 is 18.4. The molecule has 3 rings (SSSR count). The summed E-state index contributed by atoms with van der Waals surface area (Å²) in [5, 5.41) is 3.41. The second-order valence-corrected chi connectivity index (χ2v) is 5.24. The van der Waals surface area contributed by atoms with Crippen LogP contribution in [0, 0.1) is 5.82 Å². The average Bonchev–Trinajstić information content (AvgIpc) is 2.88. The molecule has 0 bridgehead atoms. The summed E-state index contributed by atoms with van der Waals surface area (Å²) >= 11 is 0. The van der Waals surface area contributed by atoms with E-state index < -0.39 is 0 Å². The fraction of sp³-hybridized carbons (Fsp3) is 0.400. The predicted octanol–water partition coefficient (Wildman–Crippen LogP) is 2.70. The van der Waals surface area contributed by atoms with Crippen LogP contribution in [0.5, 0.6) is 0 Å². The Balaban J connectivity index is 0.00000161. The summed E-state index contributed by atoms with van der Waals surface area (Å²) in [4.78, 5) is 6.83. The molecule has 2 aromatic rings. The largest absolute Gasteiger partial charge is 0.444 e. The number of hydrogen-bond acceptors (Lipinski definition) is 4. The van der Waals surface area contributed by atoms with Crippen molar-refractivity contribution >= 4 is 12.4 Å². The smallest absolute Gasteiger partial charge is 0.226 e. The van der Waals surface area contributed by atoms with Crippen molar-refractivity contribution in [1.29, 1.82) is 0 Å². The first kappa shape index (κ1) is 15.9. The molecule has 4 nitrogen and oxygen atoms in total. The molecule has 1 aromatic carbocycles. The molecule has 1 aromatic heterocycles. The van der Waals surface area contributed by atoms with Gasteiger partial charge in [-0.1, -0.05) is 0 Å². The van der Waals surface area contributed by atoms with Crippen LogP contribution in [0.3, 0.4) is 0 Å². The van der Waals surface area contributed by atoms with E-state index in [0.717, 1.165) is 37.4 Å². The minimum absolute atomic E-state index is 0. The molecular formula is C15H19ClFN3O. The van der Waals surface area contributed by atoms with Gasteiger partial charge in [0.2, 0.25) is 5.89 Å². The van der Waals surface area contributed by atoms with Crippen LogP contribution in [-0.4, -0.2) is 35.6 Å². The quantitative estimate of drug-likeness (QED) is 0.946. The van der Waals surface area contributed by atoms with Gasteiger partial charge in [-0.05, 0) is 31.2 Å². The summed E-state index contributed by atoms with van der Waals surface area (Å²) in [6.07, 6.45) is 1.69. The second-order valence-electron chi connectivity index (χ2n) is 5.24. The van der Waals surface area contributed by atoms with Gasteiger partial charge in [0.05, 0.1) is 5.69 Å². The van der Waals surface area contributed by atoms with Crippen LogP contribution >= 0.6 is 12.4 Å². The highest BCUT2D eigenvalue weighted by Gasteiger charge is 2.17. The number of aromatic nitrogens is 1. The Morgan fingerprint density at radius 2 is 2.14 bits per heavy atom. The Hall–Kier alpha value is -1.43. The van der Waals surface area contributed by atoms with Gasteiger partial charge >= 0.3 is 0 Å². The Morgan fingerprint density at radius 1 is 1.38 bits per heavy atom. The van der Waals surface area contributed by atoms with Crippen molar-refractivity contribution in [2.24, 2.45) is 0 Å². The molecule has 114 valence electrons. The maximum atomic E-state index is 12.9. The zero-order chi connectivity index (χ0) is 13.9. The zero-order valence-electron chi connectivity index (χ0n) is 11.9. The first-order valence-corrected chi connectivity index (χ1v) is 6.87. The van der Waals surface area contributed by atoms with Gasteiger partial charge < -0.3 is 9.73 Å². The second kappa shape index (κ2) is 7.02. The summed E-state index contributed by atoms with van der Waals surface area (Å²) in [7, 11) is 0. The third-order valence-corrected chi connectivity index (χ3v) is 3.48. The third kappa shape index (κ3) is 4.03. The fourth-order valence-electron chi connectivity index (χ4n) is 2.49. The van der Waals surface area contributed by atoms with Crippen molar-refractivity contribution in [1.82, 2.24) is 15.2 Å². The molecule has 1 aliphatic heterocycles. The first-order chi connectivity index (χ1) is 9.70. The number of rotatable bonds is 3. The van der Waals surface area contributed by atoms with Gasteiger partial charge in [0.1, 0.15) is 12.1 Å². The van der Waals surface area contributed by atoms with Gasteiger partial charge in [0.25, 0.3) is 0 Å². The molecule has 1 saturated heterocycles. The third-order valence-electron chi connectivity index (χ3n) is 3.48. The molecule has 1 N–H and O–H groups in total. The maximum absolute atomic E-state index is 12.9. The van der Waals surface area contributed by atoms with Gasteiger partial charge in [0.15, 0.2) is 0 Å². The van der Waals surface area contributed by atoms with E-state index in [2.05, 4.69) is 22.1 Å². The van der Waals surface area contributed by atoms with E-state index in [1.54, 1.807) is 18.4 Å². The summed E-state index contributed by atoms with van der Waals surface area (Å²) in [5.74, 6) is 0.290. The lowest BCUT2D eigenvalue weighted by molar-refractivity contribution is 0.197. The number of hydrogen-bond donors (Lipinski definition) is 1. The van der Waals surface area contributed by atoms with Crippen molar-refractivity contribution in [3.8, 4) is 11.5 Å². The molecule has 0 spiro atoms. The van der Waals surface area contributed by atoms with Crippen LogP contribution in [0.4, 0.5) is 4.39 Å². The molecular weight excluding hydrogens is 293 g/mol. The normalized spacial score (nSPS) is 19.2. The number of halogens is 2. The fourth-order valence-corrected chi connectivity index (χ4v) is 2.49. The Bertz CT molecular complexity index is 573. The average molecular weight is 312 g/mol. The molecule has 2 heterocycles. The van der Waals surface area contributed by atoms with Crippen molar-refractivity contribution < 1.29 is 8.81 Å². The minimum atomic E-state index is -0.254. The highest BCUT2D eigenvalue weighted by atomic mass is 35.5. The number of nitrogens with zero attached hydrogens (tertiary/aromatic N) is 2. The van der Waals surface area contributed by atoms with Crippen molar-refractivity contribution in [3.63, 3.8) is 0 Å². The number of piperazine rings is 1. The lowest BCUT2D eigenvalue weighted by atomic mass is 10.2. The molecule has 0 amide bonds. The van der Waals surface area contributed by atoms with E-state index in [4.69, 9.17) is 4.42 Å². The molecule has 1 fully saturated rings. The lowest BCUT2D eigenvalue weighted by Gasteiger charge is -2.31. The van der Waals surface area contributed by atoms with E-state index in [1.807, 2.05) is 0 Å². The predicted molar refractivity (Wildman–Crippen MR) is 81.9 cm³/mol. The van der Waals surface area contributed by atoms with E-state index in [0.29, 0.717) is 11.9 Å². The number of nitrogens with one attached hydrogen (secondary N) is 1. The number of oxazole rings is 1. The highest BCUT2D eigenvalue weighted by Crippen LogP contribution is 2.19. The Kier molecular flexibility index (Phi) is 5.33. The van der Waals surface area contributed by atoms with Crippen LogP contribution in [0.25, 0.3) is 11.5 Å². The molecule has 6 heteroatoms. The van der Waals surface area contributed by atoms with E-state index in [9.17, 15) is 4.39 Å². The van der Waals surface area contributed by atoms with Crippen molar-refractivity contribution in [2.45, 2.75) is 19.5 Å². The summed E-state index contributed by atoms with van der Waals surface area (Å²) in [6.45, 7) is 6.00. The van der Waals surface area contributed by atoms with E-state index >= 15 is 0 Å².